The van der Waals surface area contributed by atoms with Crippen LogP contribution in [-0.2, 0) is 6.18 Å². The number of rotatable bonds is 1. The molecule has 0 spiro atoms. The molecule has 17 heavy (non-hydrogen) atoms. The first kappa shape index (κ1) is 13.0. The van der Waals surface area contributed by atoms with Crippen LogP contribution in [0.3, 0.4) is 0 Å². The molecule has 0 amide bonds. The van der Waals surface area contributed by atoms with Gasteiger partial charge in [-0.25, -0.2) is 0 Å². The molecule has 0 fully saturated rings. The lowest BCUT2D eigenvalue weighted by molar-refractivity contribution is -0.385. The highest BCUT2D eigenvalue weighted by atomic mass is 19.4. The quantitative estimate of drug-likeness (QED) is 0.467. The molecule has 1 aromatic carbocycles. The normalized spacial score (nSPS) is 10.6. The summed E-state index contributed by atoms with van der Waals surface area (Å²) >= 11 is 0. The number of nitro groups is 1. The molecular weight excluding hydrogens is 239 g/mol. The van der Waals surface area contributed by atoms with E-state index in [4.69, 9.17) is 5.11 Å². The highest BCUT2D eigenvalue weighted by Crippen LogP contribution is 2.32. The molecule has 0 aliphatic heterocycles. The van der Waals surface area contributed by atoms with Crippen molar-refractivity contribution >= 4 is 5.69 Å². The van der Waals surface area contributed by atoms with Gasteiger partial charge in [0.15, 0.2) is 0 Å². The summed E-state index contributed by atoms with van der Waals surface area (Å²) in [6.07, 6.45) is -4.65. The van der Waals surface area contributed by atoms with Crippen LogP contribution in [0.5, 0.6) is 0 Å². The molecule has 90 valence electrons. The van der Waals surface area contributed by atoms with E-state index >= 15 is 0 Å². The van der Waals surface area contributed by atoms with Gasteiger partial charge < -0.3 is 5.11 Å². The molecule has 1 rings (SSSR count). The monoisotopic (exact) mass is 245 g/mol. The molecule has 0 aliphatic rings. The number of hydrogen-bond donors (Lipinski definition) is 1. The van der Waals surface area contributed by atoms with Crippen molar-refractivity contribution in [3.05, 3.63) is 39.4 Å². The molecule has 7 heteroatoms. The Morgan fingerprint density at radius 3 is 2.53 bits per heavy atom. The maximum absolute atomic E-state index is 12.3. The highest BCUT2D eigenvalue weighted by molar-refractivity contribution is 5.53. The van der Waals surface area contributed by atoms with E-state index in [1.165, 1.54) is 0 Å². The second-order valence-electron chi connectivity index (χ2n) is 2.95. The van der Waals surface area contributed by atoms with Crippen molar-refractivity contribution in [1.29, 1.82) is 0 Å². The number of hydrogen-bond acceptors (Lipinski definition) is 3. The van der Waals surface area contributed by atoms with Crippen LogP contribution in [-0.4, -0.2) is 16.6 Å². The molecule has 0 unspecified atom stereocenters. The zero-order chi connectivity index (χ0) is 13.1. The van der Waals surface area contributed by atoms with Crippen LogP contribution in [0, 0.1) is 22.0 Å². The van der Waals surface area contributed by atoms with Gasteiger partial charge in [-0.15, -0.1) is 0 Å². The zero-order valence-corrected chi connectivity index (χ0v) is 8.28. The number of nitro benzene ring substituents is 1. The molecule has 0 radical (unpaired) electrons. The fraction of sp³-hybridized carbons (Fsp3) is 0.200. The van der Waals surface area contributed by atoms with Gasteiger partial charge in [0.1, 0.15) is 12.2 Å². The SMILES string of the molecule is O=[N+]([O-])c1cc(C(F)(F)F)ccc1C#CCO. The zero-order valence-electron chi connectivity index (χ0n) is 8.28. The summed E-state index contributed by atoms with van der Waals surface area (Å²) in [5, 5.41) is 19.0. The summed E-state index contributed by atoms with van der Waals surface area (Å²) in [6.45, 7) is -0.530. The van der Waals surface area contributed by atoms with E-state index in [1.54, 1.807) is 0 Å². The van der Waals surface area contributed by atoms with Gasteiger partial charge in [-0.1, -0.05) is 11.8 Å². The van der Waals surface area contributed by atoms with Gasteiger partial charge in [-0.05, 0) is 12.1 Å². The molecule has 0 aliphatic carbocycles. The van der Waals surface area contributed by atoms with Crippen molar-refractivity contribution in [3.63, 3.8) is 0 Å². The number of aliphatic hydroxyl groups is 1. The van der Waals surface area contributed by atoms with Gasteiger partial charge in [0, 0.05) is 6.07 Å². The second kappa shape index (κ2) is 4.84. The van der Waals surface area contributed by atoms with E-state index in [0.29, 0.717) is 12.1 Å². The number of aliphatic hydroxyl groups excluding tert-OH is 1. The summed E-state index contributed by atoms with van der Waals surface area (Å²) in [7, 11) is 0. The topological polar surface area (TPSA) is 63.4 Å². The Morgan fingerprint density at radius 1 is 1.41 bits per heavy atom. The third-order valence-electron chi connectivity index (χ3n) is 1.82. The molecule has 0 aromatic heterocycles. The highest BCUT2D eigenvalue weighted by Gasteiger charge is 2.32. The molecule has 4 nitrogen and oxygen atoms in total. The van der Waals surface area contributed by atoms with Crippen molar-refractivity contribution in [2.75, 3.05) is 6.61 Å². The summed E-state index contributed by atoms with van der Waals surface area (Å²) in [5.41, 5.74) is -2.02. The minimum Gasteiger partial charge on any atom is -0.384 e. The van der Waals surface area contributed by atoms with Gasteiger partial charge in [0.25, 0.3) is 5.69 Å². The molecule has 1 N–H and O–H groups in total. The van der Waals surface area contributed by atoms with E-state index in [1.807, 2.05) is 0 Å². The predicted molar refractivity (Wildman–Crippen MR) is 52.1 cm³/mol. The Bertz CT molecular complexity index is 500. The van der Waals surface area contributed by atoms with E-state index in [2.05, 4.69) is 11.8 Å². The lowest BCUT2D eigenvalue weighted by Gasteiger charge is -2.06. The van der Waals surface area contributed by atoms with E-state index in [9.17, 15) is 23.3 Å². The van der Waals surface area contributed by atoms with Crippen LogP contribution in [0.2, 0.25) is 0 Å². The standard InChI is InChI=1S/C10H6F3NO3/c11-10(12,13)8-4-3-7(2-1-5-15)9(6-8)14(16)17/h3-4,6,15H,5H2. The average molecular weight is 245 g/mol. The minimum atomic E-state index is -4.65. The minimum absolute atomic E-state index is 0.169. The van der Waals surface area contributed by atoms with Crippen LogP contribution in [0.25, 0.3) is 0 Å². The van der Waals surface area contributed by atoms with Crippen LogP contribution in [0.15, 0.2) is 18.2 Å². The van der Waals surface area contributed by atoms with Gasteiger partial charge >= 0.3 is 6.18 Å². The summed E-state index contributed by atoms with van der Waals surface area (Å²) < 4.78 is 36.9. The fourth-order valence-electron chi connectivity index (χ4n) is 1.10. The van der Waals surface area contributed by atoms with Crippen molar-refractivity contribution in [2.24, 2.45) is 0 Å². The first-order valence-corrected chi connectivity index (χ1v) is 4.31. The third kappa shape index (κ3) is 3.19. The molecular formula is C10H6F3NO3. The molecule has 0 atom stereocenters. The Morgan fingerprint density at radius 2 is 2.06 bits per heavy atom. The average Bonchev–Trinajstić information content (AvgIpc) is 2.24. The van der Waals surface area contributed by atoms with Crippen molar-refractivity contribution < 1.29 is 23.2 Å². The lowest BCUT2D eigenvalue weighted by Crippen LogP contribution is -2.06. The van der Waals surface area contributed by atoms with Crippen molar-refractivity contribution in [3.8, 4) is 11.8 Å². The summed E-state index contributed by atoms with van der Waals surface area (Å²) in [5.74, 6) is 4.35. The predicted octanol–water partition coefficient (Wildman–Crippen LogP) is 1.96. The molecule has 0 saturated heterocycles. The Labute approximate surface area is 93.8 Å². The second-order valence-corrected chi connectivity index (χ2v) is 2.95. The summed E-state index contributed by atoms with van der Waals surface area (Å²) in [4.78, 5) is 9.62. The molecule has 0 saturated carbocycles. The van der Waals surface area contributed by atoms with Crippen LogP contribution in [0.1, 0.15) is 11.1 Å². The van der Waals surface area contributed by atoms with Gasteiger partial charge in [-0.3, -0.25) is 10.1 Å². The van der Waals surface area contributed by atoms with Crippen molar-refractivity contribution in [1.82, 2.24) is 0 Å². The molecule has 0 heterocycles. The van der Waals surface area contributed by atoms with Gasteiger partial charge in [0.05, 0.1) is 10.5 Å². The number of nitrogens with zero attached hydrogens (tertiary/aromatic N) is 1. The van der Waals surface area contributed by atoms with Crippen LogP contribution >= 0.6 is 0 Å². The van der Waals surface area contributed by atoms with Crippen molar-refractivity contribution in [2.45, 2.75) is 6.18 Å². The smallest absolute Gasteiger partial charge is 0.384 e. The van der Waals surface area contributed by atoms with E-state index in [0.717, 1.165) is 6.07 Å². The maximum Gasteiger partial charge on any atom is 0.416 e. The first-order chi connectivity index (χ1) is 7.86. The van der Waals surface area contributed by atoms with Crippen LogP contribution < -0.4 is 0 Å². The molecule has 1 aromatic rings. The number of benzene rings is 1. The Hall–Kier alpha value is -2.07. The van der Waals surface area contributed by atoms with E-state index < -0.39 is 29.0 Å². The Kier molecular flexibility index (Phi) is 3.70. The Balaban J connectivity index is 3.32. The lowest BCUT2D eigenvalue weighted by atomic mass is 10.1. The van der Waals surface area contributed by atoms with E-state index in [-0.39, 0.29) is 5.56 Å². The van der Waals surface area contributed by atoms with Gasteiger partial charge in [0.2, 0.25) is 0 Å². The van der Waals surface area contributed by atoms with Gasteiger partial charge in [-0.2, -0.15) is 13.2 Å². The molecule has 0 bridgehead atoms. The fourth-order valence-corrected chi connectivity index (χ4v) is 1.10. The van der Waals surface area contributed by atoms with Crippen LogP contribution in [0.4, 0.5) is 18.9 Å². The number of alkyl halides is 3. The first-order valence-electron chi connectivity index (χ1n) is 4.31. The number of halogens is 3. The maximum atomic E-state index is 12.3. The largest absolute Gasteiger partial charge is 0.416 e. The third-order valence-corrected chi connectivity index (χ3v) is 1.82. The summed E-state index contributed by atoms with van der Waals surface area (Å²) in [6, 6.07) is 2.03.